The summed E-state index contributed by atoms with van der Waals surface area (Å²) in [7, 11) is 0. The number of fused-ring (bicyclic) bond motifs is 1. The molecule has 1 aromatic rings. The second-order valence-corrected chi connectivity index (χ2v) is 3.56. The lowest BCUT2D eigenvalue weighted by Gasteiger charge is -2.28. The van der Waals surface area contributed by atoms with Crippen LogP contribution in [0.15, 0.2) is 30.9 Å². The van der Waals surface area contributed by atoms with Crippen molar-refractivity contribution in [2.75, 3.05) is 13.3 Å². The van der Waals surface area contributed by atoms with Gasteiger partial charge < -0.3 is 4.74 Å². The van der Waals surface area contributed by atoms with Gasteiger partial charge in [0.2, 0.25) is 0 Å². The largest absolute Gasteiger partial charge is 0.478 e. The number of rotatable bonds is 3. The summed E-state index contributed by atoms with van der Waals surface area (Å²) in [6.45, 7) is 5.88. The Bertz CT molecular complexity index is 387. The lowest BCUT2D eigenvalue weighted by atomic mass is 10.1. The molecule has 0 bridgehead atoms. The summed E-state index contributed by atoms with van der Waals surface area (Å²) in [5.74, 6) is 0.876. The quantitative estimate of drug-likeness (QED) is 0.554. The van der Waals surface area contributed by atoms with E-state index in [1.807, 2.05) is 18.2 Å². The van der Waals surface area contributed by atoms with Gasteiger partial charge in [0.25, 0.3) is 0 Å². The SMILES string of the molecule is C=CCN1COc2ccc(C=O)cc2C1. The molecule has 0 amide bonds. The van der Waals surface area contributed by atoms with Gasteiger partial charge in [0.05, 0.1) is 0 Å². The Morgan fingerprint density at radius 2 is 2.40 bits per heavy atom. The van der Waals surface area contributed by atoms with Crippen molar-refractivity contribution < 1.29 is 9.53 Å². The monoisotopic (exact) mass is 203 g/mol. The van der Waals surface area contributed by atoms with Crippen LogP contribution in [0.1, 0.15) is 15.9 Å². The summed E-state index contributed by atoms with van der Waals surface area (Å²) in [5, 5.41) is 0. The average molecular weight is 203 g/mol. The van der Waals surface area contributed by atoms with Crippen LogP contribution in [0.4, 0.5) is 0 Å². The summed E-state index contributed by atoms with van der Waals surface area (Å²) in [6, 6.07) is 5.50. The van der Waals surface area contributed by atoms with E-state index < -0.39 is 0 Å². The smallest absolute Gasteiger partial charge is 0.150 e. The summed E-state index contributed by atoms with van der Waals surface area (Å²) >= 11 is 0. The molecule has 0 N–H and O–H groups in total. The van der Waals surface area contributed by atoms with Gasteiger partial charge in [-0.25, -0.2) is 0 Å². The number of nitrogens with zero attached hydrogens (tertiary/aromatic N) is 1. The van der Waals surface area contributed by atoms with Gasteiger partial charge >= 0.3 is 0 Å². The van der Waals surface area contributed by atoms with Crippen molar-refractivity contribution in [2.24, 2.45) is 0 Å². The third-order valence-corrected chi connectivity index (χ3v) is 2.40. The number of benzene rings is 1. The van der Waals surface area contributed by atoms with Crippen molar-refractivity contribution in [1.82, 2.24) is 4.90 Å². The van der Waals surface area contributed by atoms with Crippen molar-refractivity contribution in [3.63, 3.8) is 0 Å². The first-order valence-corrected chi connectivity index (χ1v) is 4.87. The highest BCUT2D eigenvalue weighted by molar-refractivity contribution is 5.75. The Kier molecular flexibility index (Phi) is 2.83. The highest BCUT2D eigenvalue weighted by Gasteiger charge is 2.16. The van der Waals surface area contributed by atoms with Gasteiger partial charge in [0.15, 0.2) is 0 Å². The van der Waals surface area contributed by atoms with E-state index in [1.54, 1.807) is 6.07 Å². The fraction of sp³-hybridized carbons (Fsp3) is 0.250. The number of hydrogen-bond donors (Lipinski definition) is 0. The zero-order valence-electron chi connectivity index (χ0n) is 8.48. The van der Waals surface area contributed by atoms with Crippen LogP contribution in [0, 0.1) is 0 Å². The number of carbonyl (C=O) groups excluding carboxylic acids is 1. The molecule has 0 fully saturated rings. The normalized spacial score (nSPS) is 15.2. The molecule has 0 radical (unpaired) electrons. The minimum atomic E-state index is 0.583. The maximum absolute atomic E-state index is 10.6. The van der Waals surface area contributed by atoms with E-state index >= 15 is 0 Å². The minimum absolute atomic E-state index is 0.583. The van der Waals surface area contributed by atoms with E-state index in [0.29, 0.717) is 12.3 Å². The van der Waals surface area contributed by atoms with Crippen molar-refractivity contribution >= 4 is 6.29 Å². The maximum Gasteiger partial charge on any atom is 0.150 e. The molecule has 1 aromatic carbocycles. The predicted octanol–water partition coefficient (Wildman–Crippen LogP) is 1.84. The molecule has 1 heterocycles. The third kappa shape index (κ3) is 2.07. The molecular weight excluding hydrogens is 190 g/mol. The van der Waals surface area contributed by atoms with Gasteiger partial charge in [0, 0.05) is 24.2 Å². The highest BCUT2D eigenvalue weighted by Crippen LogP contribution is 2.25. The van der Waals surface area contributed by atoms with E-state index in [0.717, 1.165) is 30.7 Å². The van der Waals surface area contributed by atoms with Crippen LogP contribution in [-0.4, -0.2) is 24.5 Å². The number of carbonyl (C=O) groups is 1. The summed E-state index contributed by atoms with van der Waals surface area (Å²) in [5.41, 5.74) is 1.76. The van der Waals surface area contributed by atoms with Crippen LogP contribution >= 0.6 is 0 Å². The molecule has 1 aliphatic heterocycles. The van der Waals surface area contributed by atoms with Gasteiger partial charge in [-0.1, -0.05) is 6.08 Å². The van der Waals surface area contributed by atoms with Gasteiger partial charge in [-0.05, 0) is 18.2 Å². The standard InChI is InChI=1S/C12H13NO2/c1-2-5-13-7-11-6-10(8-14)3-4-12(11)15-9-13/h2-4,6,8H,1,5,7,9H2. The number of aldehydes is 1. The zero-order valence-corrected chi connectivity index (χ0v) is 8.48. The molecule has 3 heteroatoms. The molecule has 3 nitrogen and oxygen atoms in total. The fourth-order valence-electron chi connectivity index (χ4n) is 1.68. The first-order chi connectivity index (χ1) is 7.33. The van der Waals surface area contributed by atoms with Crippen LogP contribution in [0.3, 0.4) is 0 Å². The molecule has 0 saturated heterocycles. The van der Waals surface area contributed by atoms with E-state index in [2.05, 4.69) is 11.5 Å². The summed E-state index contributed by atoms with van der Waals surface area (Å²) in [4.78, 5) is 12.7. The fourth-order valence-corrected chi connectivity index (χ4v) is 1.68. The first-order valence-electron chi connectivity index (χ1n) is 4.87. The Morgan fingerprint density at radius 1 is 1.53 bits per heavy atom. The van der Waals surface area contributed by atoms with Crippen LogP contribution < -0.4 is 4.74 Å². The number of hydrogen-bond acceptors (Lipinski definition) is 3. The van der Waals surface area contributed by atoms with E-state index in [4.69, 9.17) is 4.74 Å². The van der Waals surface area contributed by atoms with Crippen molar-refractivity contribution in [3.8, 4) is 5.75 Å². The molecule has 0 aromatic heterocycles. The summed E-state index contributed by atoms with van der Waals surface area (Å²) in [6.07, 6.45) is 2.70. The second kappa shape index (κ2) is 4.28. The molecule has 0 unspecified atom stereocenters. The highest BCUT2D eigenvalue weighted by atomic mass is 16.5. The van der Waals surface area contributed by atoms with Crippen LogP contribution in [0.5, 0.6) is 5.75 Å². The molecule has 0 spiro atoms. The van der Waals surface area contributed by atoms with Gasteiger partial charge in [-0.15, -0.1) is 6.58 Å². The van der Waals surface area contributed by atoms with Gasteiger partial charge in [-0.2, -0.15) is 0 Å². The molecule has 78 valence electrons. The second-order valence-electron chi connectivity index (χ2n) is 3.56. The minimum Gasteiger partial charge on any atom is -0.478 e. The van der Waals surface area contributed by atoms with E-state index in [1.165, 1.54) is 0 Å². The Balaban J connectivity index is 2.22. The zero-order chi connectivity index (χ0) is 10.7. The molecule has 0 atom stereocenters. The molecular formula is C12H13NO2. The first kappa shape index (κ1) is 9.93. The maximum atomic E-state index is 10.6. The Morgan fingerprint density at radius 3 is 3.13 bits per heavy atom. The van der Waals surface area contributed by atoms with E-state index in [9.17, 15) is 4.79 Å². The molecule has 0 saturated carbocycles. The molecule has 0 aliphatic carbocycles. The topological polar surface area (TPSA) is 29.5 Å². The molecule has 15 heavy (non-hydrogen) atoms. The van der Waals surface area contributed by atoms with Gasteiger partial charge in [-0.3, -0.25) is 9.69 Å². The van der Waals surface area contributed by atoms with Crippen molar-refractivity contribution in [3.05, 3.63) is 42.0 Å². The average Bonchev–Trinajstić information content (AvgIpc) is 2.28. The lowest BCUT2D eigenvalue weighted by Crippen LogP contribution is -2.32. The Labute approximate surface area is 89.0 Å². The molecule has 2 rings (SSSR count). The van der Waals surface area contributed by atoms with Crippen molar-refractivity contribution in [1.29, 1.82) is 0 Å². The van der Waals surface area contributed by atoms with Crippen LogP contribution in [-0.2, 0) is 6.54 Å². The Hall–Kier alpha value is -1.61. The van der Waals surface area contributed by atoms with Crippen LogP contribution in [0.25, 0.3) is 0 Å². The summed E-state index contributed by atoms with van der Waals surface area (Å²) < 4.78 is 5.55. The van der Waals surface area contributed by atoms with Crippen LogP contribution in [0.2, 0.25) is 0 Å². The van der Waals surface area contributed by atoms with Gasteiger partial charge in [0.1, 0.15) is 18.8 Å². The number of ether oxygens (including phenoxy) is 1. The predicted molar refractivity (Wildman–Crippen MR) is 57.9 cm³/mol. The third-order valence-electron chi connectivity index (χ3n) is 2.40. The lowest BCUT2D eigenvalue weighted by molar-refractivity contribution is 0.106. The van der Waals surface area contributed by atoms with E-state index in [-0.39, 0.29) is 0 Å². The van der Waals surface area contributed by atoms with Crippen molar-refractivity contribution in [2.45, 2.75) is 6.54 Å². The molecule has 1 aliphatic rings.